The SMILES string of the molecule is Cc1c(C(=O)OC(C)C)sc2ncn(CC(=O)Nc3ccccc3C(C)C)c(=O)c12. The Hall–Kier alpha value is -3.00. The van der Waals surface area contributed by atoms with Gasteiger partial charge in [-0.2, -0.15) is 0 Å². The third-order valence-electron chi connectivity index (χ3n) is 4.62. The van der Waals surface area contributed by atoms with Gasteiger partial charge in [0, 0.05) is 5.69 Å². The summed E-state index contributed by atoms with van der Waals surface area (Å²) < 4.78 is 6.51. The molecule has 30 heavy (non-hydrogen) atoms. The molecule has 0 aliphatic carbocycles. The molecule has 2 aromatic heterocycles. The Morgan fingerprint density at radius 2 is 1.90 bits per heavy atom. The van der Waals surface area contributed by atoms with E-state index < -0.39 is 5.97 Å². The molecule has 7 nitrogen and oxygen atoms in total. The van der Waals surface area contributed by atoms with E-state index in [0.717, 1.165) is 22.6 Å². The lowest BCUT2D eigenvalue weighted by Crippen LogP contribution is -2.28. The first-order chi connectivity index (χ1) is 14.2. The van der Waals surface area contributed by atoms with E-state index in [1.807, 2.05) is 24.3 Å². The van der Waals surface area contributed by atoms with Crippen LogP contribution >= 0.6 is 11.3 Å². The standard InChI is InChI=1S/C22H25N3O4S/c1-12(2)15-8-6-7-9-16(15)24-17(26)10-25-11-23-20-18(21(25)27)14(5)19(30-20)22(28)29-13(3)4/h6-9,11-13H,10H2,1-5H3,(H,24,26). The molecule has 8 heteroatoms. The zero-order valence-electron chi connectivity index (χ0n) is 17.7. The highest BCUT2D eigenvalue weighted by molar-refractivity contribution is 7.20. The number of para-hydroxylation sites is 1. The van der Waals surface area contributed by atoms with Crippen molar-refractivity contribution >= 4 is 39.1 Å². The van der Waals surface area contributed by atoms with E-state index in [4.69, 9.17) is 4.74 Å². The maximum absolute atomic E-state index is 13.0. The van der Waals surface area contributed by atoms with Gasteiger partial charge < -0.3 is 10.1 Å². The molecule has 0 saturated carbocycles. The Balaban J connectivity index is 1.88. The first-order valence-electron chi connectivity index (χ1n) is 9.77. The Kier molecular flexibility index (Phi) is 6.36. The predicted octanol–water partition coefficient (Wildman–Crippen LogP) is 4.09. The summed E-state index contributed by atoms with van der Waals surface area (Å²) in [7, 11) is 0. The van der Waals surface area contributed by atoms with Crippen molar-refractivity contribution in [2.75, 3.05) is 5.32 Å². The number of hydrogen-bond acceptors (Lipinski definition) is 6. The van der Waals surface area contributed by atoms with Gasteiger partial charge in [0.15, 0.2) is 0 Å². The van der Waals surface area contributed by atoms with Gasteiger partial charge >= 0.3 is 5.97 Å². The molecule has 1 amide bonds. The Bertz CT molecular complexity index is 1160. The molecule has 0 bridgehead atoms. The average molecular weight is 428 g/mol. The van der Waals surface area contributed by atoms with Crippen molar-refractivity contribution in [3.05, 3.63) is 57.0 Å². The van der Waals surface area contributed by atoms with Crippen LogP contribution in [-0.2, 0) is 16.1 Å². The van der Waals surface area contributed by atoms with E-state index in [1.54, 1.807) is 20.8 Å². The summed E-state index contributed by atoms with van der Waals surface area (Å²) in [5, 5.41) is 3.22. The molecule has 0 spiro atoms. The molecule has 0 aliphatic rings. The summed E-state index contributed by atoms with van der Waals surface area (Å²) in [6.45, 7) is 9.16. The number of nitrogens with zero attached hydrogens (tertiary/aromatic N) is 2. The fourth-order valence-electron chi connectivity index (χ4n) is 3.19. The molecule has 2 heterocycles. The number of carbonyl (C=O) groups is 2. The van der Waals surface area contributed by atoms with Crippen molar-refractivity contribution in [1.82, 2.24) is 9.55 Å². The molecule has 3 aromatic rings. The molecule has 158 valence electrons. The third-order valence-corrected chi connectivity index (χ3v) is 5.80. The molecule has 1 aromatic carbocycles. The van der Waals surface area contributed by atoms with Gasteiger partial charge in [-0.25, -0.2) is 9.78 Å². The van der Waals surface area contributed by atoms with Crippen LogP contribution in [0.4, 0.5) is 5.69 Å². The molecule has 0 atom stereocenters. The van der Waals surface area contributed by atoms with Crippen LogP contribution < -0.4 is 10.9 Å². The number of hydrogen-bond donors (Lipinski definition) is 1. The van der Waals surface area contributed by atoms with Gasteiger partial charge in [0.05, 0.1) is 17.8 Å². The topological polar surface area (TPSA) is 90.3 Å². The number of carbonyl (C=O) groups excluding carboxylic acids is 2. The maximum Gasteiger partial charge on any atom is 0.348 e. The minimum Gasteiger partial charge on any atom is -0.459 e. The van der Waals surface area contributed by atoms with Crippen LogP contribution in [0.3, 0.4) is 0 Å². The van der Waals surface area contributed by atoms with Crippen LogP contribution in [0.1, 0.15) is 54.4 Å². The van der Waals surface area contributed by atoms with E-state index >= 15 is 0 Å². The summed E-state index contributed by atoms with van der Waals surface area (Å²) >= 11 is 1.12. The number of fused-ring (bicyclic) bond motifs is 1. The summed E-state index contributed by atoms with van der Waals surface area (Å²) in [5.41, 5.74) is 1.92. The lowest BCUT2D eigenvalue weighted by molar-refractivity contribution is -0.116. The third kappa shape index (κ3) is 4.43. The second-order valence-corrected chi connectivity index (χ2v) is 8.66. The van der Waals surface area contributed by atoms with Gasteiger partial charge in [0.1, 0.15) is 16.3 Å². The monoisotopic (exact) mass is 427 g/mol. The van der Waals surface area contributed by atoms with Crippen LogP contribution in [0.2, 0.25) is 0 Å². The van der Waals surface area contributed by atoms with E-state index in [2.05, 4.69) is 24.1 Å². The highest BCUT2D eigenvalue weighted by atomic mass is 32.1. The Labute approximate surface area is 178 Å². The molecule has 0 fully saturated rings. The van der Waals surface area contributed by atoms with Crippen LogP contribution in [0.15, 0.2) is 35.4 Å². The highest BCUT2D eigenvalue weighted by Crippen LogP contribution is 2.28. The van der Waals surface area contributed by atoms with Crippen molar-refractivity contribution in [3.63, 3.8) is 0 Å². The lowest BCUT2D eigenvalue weighted by atomic mass is 10.0. The van der Waals surface area contributed by atoms with Crippen LogP contribution in [0, 0.1) is 6.92 Å². The van der Waals surface area contributed by atoms with Gasteiger partial charge in [0.25, 0.3) is 5.56 Å². The van der Waals surface area contributed by atoms with Gasteiger partial charge in [0.2, 0.25) is 5.91 Å². The largest absolute Gasteiger partial charge is 0.459 e. The zero-order valence-corrected chi connectivity index (χ0v) is 18.5. The van der Waals surface area contributed by atoms with E-state index in [9.17, 15) is 14.4 Å². The second-order valence-electron chi connectivity index (χ2n) is 7.66. The molecule has 3 rings (SSSR count). The fraction of sp³-hybridized carbons (Fsp3) is 0.364. The van der Waals surface area contributed by atoms with Gasteiger partial charge in [-0.05, 0) is 43.9 Å². The molecule has 0 unspecified atom stereocenters. The predicted molar refractivity (Wildman–Crippen MR) is 118 cm³/mol. The Morgan fingerprint density at radius 1 is 1.20 bits per heavy atom. The van der Waals surface area contributed by atoms with Crippen LogP contribution in [0.5, 0.6) is 0 Å². The number of aryl methyl sites for hydroxylation is 1. The zero-order chi connectivity index (χ0) is 22.0. The quantitative estimate of drug-likeness (QED) is 0.598. The minimum absolute atomic E-state index is 0.171. The van der Waals surface area contributed by atoms with Crippen LogP contribution in [0.25, 0.3) is 10.2 Å². The summed E-state index contributed by atoms with van der Waals surface area (Å²) in [4.78, 5) is 43.0. The smallest absolute Gasteiger partial charge is 0.348 e. The van der Waals surface area contributed by atoms with Crippen molar-refractivity contribution in [3.8, 4) is 0 Å². The van der Waals surface area contributed by atoms with E-state index in [1.165, 1.54) is 10.9 Å². The minimum atomic E-state index is -0.473. The van der Waals surface area contributed by atoms with Crippen molar-refractivity contribution in [1.29, 1.82) is 0 Å². The van der Waals surface area contributed by atoms with Gasteiger partial charge in [-0.3, -0.25) is 14.2 Å². The number of amides is 1. The van der Waals surface area contributed by atoms with Gasteiger partial charge in [-0.1, -0.05) is 32.0 Å². The van der Waals surface area contributed by atoms with Gasteiger partial charge in [-0.15, -0.1) is 11.3 Å². The number of thiophene rings is 1. The molecule has 0 saturated heterocycles. The molecule has 0 aliphatic heterocycles. The summed E-state index contributed by atoms with van der Waals surface area (Å²) in [5.74, 6) is -0.544. The molecule has 1 N–H and O–H groups in total. The highest BCUT2D eigenvalue weighted by Gasteiger charge is 2.22. The number of aromatic nitrogens is 2. The van der Waals surface area contributed by atoms with E-state index in [0.29, 0.717) is 20.7 Å². The van der Waals surface area contributed by atoms with Crippen LogP contribution in [-0.4, -0.2) is 27.5 Å². The fourth-order valence-corrected chi connectivity index (χ4v) is 4.22. The van der Waals surface area contributed by atoms with Crippen molar-refractivity contribution < 1.29 is 14.3 Å². The summed E-state index contributed by atoms with van der Waals surface area (Å²) in [6.07, 6.45) is 1.08. The van der Waals surface area contributed by atoms with E-state index in [-0.39, 0.29) is 30.0 Å². The Morgan fingerprint density at radius 3 is 2.57 bits per heavy atom. The maximum atomic E-state index is 13.0. The van der Waals surface area contributed by atoms with Crippen molar-refractivity contribution in [2.24, 2.45) is 0 Å². The summed E-state index contributed by atoms with van der Waals surface area (Å²) in [6, 6.07) is 7.59. The average Bonchev–Trinajstić information content (AvgIpc) is 3.01. The first kappa shape index (κ1) is 21.7. The number of esters is 1. The van der Waals surface area contributed by atoms with Crippen molar-refractivity contribution in [2.45, 2.75) is 53.2 Å². The normalized spacial score (nSPS) is 11.3. The number of nitrogens with one attached hydrogen (secondary N) is 1. The number of rotatable bonds is 6. The molecule has 0 radical (unpaired) electrons. The lowest BCUT2D eigenvalue weighted by Gasteiger charge is -2.14. The number of anilines is 1. The first-order valence-corrected chi connectivity index (χ1v) is 10.6. The number of benzene rings is 1. The number of ether oxygens (including phenoxy) is 1. The molecular formula is C22H25N3O4S. The molecular weight excluding hydrogens is 402 g/mol. The second kappa shape index (κ2) is 8.79.